The summed E-state index contributed by atoms with van der Waals surface area (Å²) in [4.78, 5) is 2.52. The van der Waals surface area contributed by atoms with Gasteiger partial charge in [-0.05, 0) is 172 Å². The van der Waals surface area contributed by atoms with Crippen LogP contribution < -0.4 is 4.90 Å². The second kappa shape index (κ2) is 11.3. The minimum Gasteiger partial charge on any atom is -0.310 e. The molecule has 6 aromatic carbocycles. The average Bonchev–Trinajstić information content (AvgIpc) is 3.54. The van der Waals surface area contributed by atoms with Gasteiger partial charge in [0, 0.05) is 27.9 Å². The number of fused-ring (bicyclic) bond motifs is 6. The highest BCUT2D eigenvalue weighted by atomic mass is 15.1. The van der Waals surface area contributed by atoms with Crippen LogP contribution in [0.5, 0.6) is 0 Å². The molecule has 1 nitrogen and oxygen atoms in total. The molecule has 0 aliphatic heterocycles. The van der Waals surface area contributed by atoms with E-state index in [1.165, 1.54) is 117 Å². The summed E-state index contributed by atoms with van der Waals surface area (Å²) in [5.74, 6) is 2.90. The maximum absolute atomic E-state index is 2.52. The maximum atomic E-state index is 2.52. The van der Waals surface area contributed by atoms with Crippen LogP contribution in [0.3, 0.4) is 0 Å². The summed E-state index contributed by atoms with van der Waals surface area (Å²) in [7, 11) is 0. The molecule has 268 valence electrons. The summed E-state index contributed by atoms with van der Waals surface area (Å²) < 4.78 is 0. The van der Waals surface area contributed by atoms with Crippen LogP contribution in [0.1, 0.15) is 99.6 Å². The Kier molecular flexibility index (Phi) is 6.83. The number of anilines is 3. The van der Waals surface area contributed by atoms with Gasteiger partial charge in [0.05, 0.1) is 0 Å². The van der Waals surface area contributed by atoms with Crippen molar-refractivity contribution in [1.82, 2.24) is 0 Å². The molecule has 0 spiro atoms. The van der Waals surface area contributed by atoms with Crippen LogP contribution >= 0.6 is 0 Å². The first-order valence-electron chi connectivity index (χ1n) is 20.6. The molecule has 6 aliphatic carbocycles. The van der Waals surface area contributed by atoms with E-state index in [9.17, 15) is 0 Å². The summed E-state index contributed by atoms with van der Waals surface area (Å²) in [5, 5.41) is 0. The Hall–Kier alpha value is -4.88. The molecule has 54 heavy (non-hydrogen) atoms. The molecular formula is C53H51N. The number of aryl methyl sites for hydroxylation is 1. The molecule has 0 unspecified atom stereocenters. The van der Waals surface area contributed by atoms with Gasteiger partial charge < -0.3 is 4.90 Å². The van der Waals surface area contributed by atoms with E-state index in [-0.39, 0.29) is 10.8 Å². The second-order valence-corrected chi connectivity index (χ2v) is 18.9. The van der Waals surface area contributed by atoms with Gasteiger partial charge in [0.15, 0.2) is 0 Å². The molecule has 0 N–H and O–H groups in total. The molecule has 0 heterocycles. The lowest BCUT2D eigenvalue weighted by atomic mass is 9.48. The van der Waals surface area contributed by atoms with E-state index in [0.717, 1.165) is 17.8 Å². The van der Waals surface area contributed by atoms with E-state index in [4.69, 9.17) is 0 Å². The van der Waals surface area contributed by atoms with Gasteiger partial charge in [-0.1, -0.05) is 119 Å². The number of nitrogens with zero attached hydrogens (tertiary/aromatic N) is 1. The Morgan fingerprint density at radius 1 is 0.463 bits per heavy atom. The van der Waals surface area contributed by atoms with Crippen molar-refractivity contribution >= 4 is 17.1 Å². The normalized spacial score (nSPS) is 24.5. The second-order valence-electron chi connectivity index (χ2n) is 18.9. The Bertz CT molecular complexity index is 2350. The Morgan fingerprint density at radius 3 is 1.43 bits per heavy atom. The van der Waals surface area contributed by atoms with Gasteiger partial charge in [0.2, 0.25) is 0 Å². The van der Waals surface area contributed by atoms with Crippen LogP contribution in [0.15, 0.2) is 127 Å². The number of hydrogen-bond acceptors (Lipinski definition) is 1. The van der Waals surface area contributed by atoms with Gasteiger partial charge in [0.1, 0.15) is 0 Å². The molecule has 0 atom stereocenters. The predicted octanol–water partition coefficient (Wildman–Crippen LogP) is 14.2. The highest BCUT2D eigenvalue weighted by Gasteiger charge is 2.51. The van der Waals surface area contributed by atoms with Gasteiger partial charge in [-0.3, -0.25) is 0 Å². The van der Waals surface area contributed by atoms with E-state index in [2.05, 4.69) is 167 Å². The quantitative estimate of drug-likeness (QED) is 0.173. The number of benzene rings is 6. The topological polar surface area (TPSA) is 3.24 Å². The molecule has 4 saturated carbocycles. The van der Waals surface area contributed by atoms with Gasteiger partial charge in [0.25, 0.3) is 0 Å². The molecule has 0 aromatic heterocycles. The minimum atomic E-state index is -0.0730. The summed E-state index contributed by atoms with van der Waals surface area (Å²) >= 11 is 0. The molecule has 4 bridgehead atoms. The summed E-state index contributed by atoms with van der Waals surface area (Å²) in [5.41, 5.74) is 20.5. The maximum Gasteiger partial charge on any atom is 0.0491 e. The van der Waals surface area contributed by atoms with Gasteiger partial charge in [-0.2, -0.15) is 0 Å². The predicted molar refractivity (Wildman–Crippen MR) is 226 cm³/mol. The molecule has 4 fully saturated rings. The van der Waals surface area contributed by atoms with Crippen molar-refractivity contribution in [3.8, 4) is 33.4 Å². The third kappa shape index (κ3) is 4.63. The molecular weight excluding hydrogens is 651 g/mol. The van der Waals surface area contributed by atoms with Crippen LogP contribution in [0, 0.1) is 24.7 Å². The van der Waals surface area contributed by atoms with Crippen LogP contribution in [0.25, 0.3) is 33.4 Å². The summed E-state index contributed by atoms with van der Waals surface area (Å²) in [6.45, 7) is 11.8. The first-order valence-corrected chi connectivity index (χ1v) is 20.6. The fraction of sp³-hybridized carbons (Fsp3) is 0.321. The standard InChI is InChI=1S/C53H51N/c1-33-24-38(37-14-17-39(18-15-37)53-30-34-25-35(31-53)27-36(26-34)32-53)16-23-50(33)54(40-19-21-44-42-10-6-8-12-46(42)51(2,3)48(44)28-40)41-20-22-45-43-11-7-9-13-47(43)52(4,5)49(45)29-41/h6-24,28-29,34-36H,25-27,30-32H2,1-5H3. The zero-order valence-corrected chi connectivity index (χ0v) is 32.5. The smallest absolute Gasteiger partial charge is 0.0491 e. The Balaban J connectivity index is 1.00. The molecule has 0 saturated heterocycles. The average molecular weight is 702 g/mol. The first-order chi connectivity index (χ1) is 26.1. The fourth-order valence-electron chi connectivity index (χ4n) is 12.7. The molecule has 0 amide bonds. The zero-order chi connectivity index (χ0) is 36.6. The van der Waals surface area contributed by atoms with Crippen molar-refractivity contribution in [3.05, 3.63) is 161 Å². The van der Waals surface area contributed by atoms with E-state index in [1.54, 1.807) is 5.56 Å². The van der Waals surface area contributed by atoms with Gasteiger partial charge in [-0.25, -0.2) is 0 Å². The van der Waals surface area contributed by atoms with Crippen molar-refractivity contribution in [3.63, 3.8) is 0 Å². The highest BCUT2D eigenvalue weighted by Crippen LogP contribution is 2.61. The lowest BCUT2D eigenvalue weighted by molar-refractivity contribution is -0.00518. The number of rotatable bonds is 5. The van der Waals surface area contributed by atoms with Crippen molar-refractivity contribution in [2.45, 2.75) is 89.4 Å². The van der Waals surface area contributed by atoms with Crippen LogP contribution in [-0.4, -0.2) is 0 Å². The van der Waals surface area contributed by atoms with E-state index < -0.39 is 0 Å². The monoisotopic (exact) mass is 701 g/mol. The number of hydrogen-bond donors (Lipinski definition) is 0. The molecule has 12 rings (SSSR count). The Labute approximate surface area is 322 Å². The minimum absolute atomic E-state index is 0.0730. The van der Waals surface area contributed by atoms with Crippen molar-refractivity contribution in [1.29, 1.82) is 0 Å². The van der Waals surface area contributed by atoms with E-state index in [1.807, 2.05) is 0 Å². The molecule has 1 heteroatoms. The Morgan fingerprint density at radius 2 is 0.926 bits per heavy atom. The largest absolute Gasteiger partial charge is 0.310 e. The first kappa shape index (κ1) is 32.5. The van der Waals surface area contributed by atoms with Crippen molar-refractivity contribution < 1.29 is 0 Å². The van der Waals surface area contributed by atoms with Crippen molar-refractivity contribution in [2.75, 3.05) is 4.90 Å². The van der Waals surface area contributed by atoms with Gasteiger partial charge >= 0.3 is 0 Å². The zero-order valence-electron chi connectivity index (χ0n) is 32.5. The molecule has 6 aliphatic rings. The third-order valence-corrected chi connectivity index (χ3v) is 15.0. The highest BCUT2D eigenvalue weighted by molar-refractivity contribution is 5.89. The lowest BCUT2D eigenvalue weighted by Crippen LogP contribution is -2.48. The van der Waals surface area contributed by atoms with Crippen molar-refractivity contribution in [2.24, 2.45) is 17.8 Å². The molecule has 0 radical (unpaired) electrons. The lowest BCUT2D eigenvalue weighted by Gasteiger charge is -2.57. The van der Waals surface area contributed by atoms with Crippen LogP contribution in [-0.2, 0) is 16.2 Å². The fourth-order valence-corrected chi connectivity index (χ4v) is 12.7. The van der Waals surface area contributed by atoms with Crippen LogP contribution in [0.4, 0.5) is 17.1 Å². The summed E-state index contributed by atoms with van der Waals surface area (Å²) in [6.07, 6.45) is 8.73. The molecule has 6 aromatic rings. The van der Waals surface area contributed by atoms with E-state index in [0.29, 0.717) is 5.41 Å². The van der Waals surface area contributed by atoms with Crippen LogP contribution in [0.2, 0.25) is 0 Å². The van der Waals surface area contributed by atoms with E-state index >= 15 is 0 Å². The third-order valence-electron chi connectivity index (χ3n) is 15.0. The summed E-state index contributed by atoms with van der Waals surface area (Å²) in [6, 6.07) is 49.3. The van der Waals surface area contributed by atoms with Gasteiger partial charge in [-0.15, -0.1) is 0 Å². The SMILES string of the molecule is Cc1cc(-c2ccc(C34CC5CC(CC(C5)C3)C4)cc2)ccc1N(c1ccc2c(c1)C(C)(C)c1ccccc1-2)c1ccc2c(c1)C(C)(C)c1ccccc1-2.